The molecule has 3 nitrogen and oxygen atoms in total. The molecular weight excluding hydrogens is 154 g/mol. The molecule has 0 aliphatic carbocycles. The molecule has 0 fully saturated rings. The van der Waals surface area contributed by atoms with Crippen LogP contribution in [0.2, 0.25) is 0 Å². The lowest BCUT2D eigenvalue weighted by atomic mass is 10.2. The molecule has 0 saturated carbocycles. The molecule has 0 atom stereocenters. The van der Waals surface area contributed by atoms with Gasteiger partial charge in [-0.25, -0.2) is 0 Å². The summed E-state index contributed by atoms with van der Waals surface area (Å²) in [6, 6.07) is 1.87. The van der Waals surface area contributed by atoms with E-state index in [2.05, 4.69) is 0 Å². The molecule has 0 aliphatic rings. The largest absolute Gasteiger partial charge is 0.462 e. The number of furan rings is 1. The van der Waals surface area contributed by atoms with Gasteiger partial charge in [0, 0.05) is 0 Å². The van der Waals surface area contributed by atoms with Crippen LogP contribution in [0, 0.1) is 6.92 Å². The summed E-state index contributed by atoms with van der Waals surface area (Å²) in [5.41, 5.74) is 1.10. The summed E-state index contributed by atoms with van der Waals surface area (Å²) in [6.45, 7) is 2.75. The summed E-state index contributed by atoms with van der Waals surface area (Å²) in [6.07, 6.45) is 0. The number of rotatable bonds is 3. The SMILES string of the molecule is Cc1cc(CO)oc1CN(C)C. The van der Waals surface area contributed by atoms with E-state index in [9.17, 15) is 0 Å². The summed E-state index contributed by atoms with van der Waals surface area (Å²) in [7, 11) is 3.97. The van der Waals surface area contributed by atoms with Crippen LogP contribution in [-0.2, 0) is 13.2 Å². The molecule has 1 heterocycles. The molecule has 0 saturated heterocycles. The summed E-state index contributed by atoms with van der Waals surface area (Å²) in [5.74, 6) is 1.58. The lowest BCUT2D eigenvalue weighted by molar-refractivity contribution is 0.237. The third-order valence-electron chi connectivity index (χ3n) is 1.69. The van der Waals surface area contributed by atoms with Gasteiger partial charge in [-0.2, -0.15) is 0 Å². The van der Waals surface area contributed by atoms with Crippen LogP contribution in [0.3, 0.4) is 0 Å². The molecule has 0 aromatic carbocycles. The highest BCUT2D eigenvalue weighted by atomic mass is 16.4. The van der Waals surface area contributed by atoms with Crippen molar-refractivity contribution < 1.29 is 9.52 Å². The van der Waals surface area contributed by atoms with Gasteiger partial charge in [0.2, 0.25) is 0 Å². The second-order valence-electron chi connectivity index (χ2n) is 3.21. The molecule has 0 radical (unpaired) electrons. The number of aryl methyl sites for hydroxylation is 1. The minimum atomic E-state index is -0.0196. The predicted molar refractivity (Wildman–Crippen MR) is 46.8 cm³/mol. The molecule has 0 bridgehead atoms. The number of aliphatic hydroxyl groups is 1. The summed E-state index contributed by atoms with van der Waals surface area (Å²) < 4.78 is 5.38. The minimum absolute atomic E-state index is 0.0196. The van der Waals surface area contributed by atoms with E-state index in [0.717, 1.165) is 17.9 Å². The molecular formula is C9H15NO2. The van der Waals surface area contributed by atoms with E-state index < -0.39 is 0 Å². The van der Waals surface area contributed by atoms with E-state index in [4.69, 9.17) is 9.52 Å². The monoisotopic (exact) mass is 169 g/mol. The first-order valence-electron chi connectivity index (χ1n) is 3.97. The second-order valence-corrected chi connectivity index (χ2v) is 3.21. The fraction of sp³-hybridized carbons (Fsp3) is 0.556. The van der Waals surface area contributed by atoms with Gasteiger partial charge in [0.25, 0.3) is 0 Å². The number of hydrogen-bond donors (Lipinski definition) is 1. The summed E-state index contributed by atoms with van der Waals surface area (Å²) in [4.78, 5) is 2.03. The van der Waals surface area contributed by atoms with Crippen molar-refractivity contribution in [3.05, 3.63) is 23.2 Å². The topological polar surface area (TPSA) is 36.6 Å². The molecule has 68 valence electrons. The van der Waals surface area contributed by atoms with Crippen molar-refractivity contribution in [1.82, 2.24) is 4.90 Å². The van der Waals surface area contributed by atoms with Crippen molar-refractivity contribution in [2.24, 2.45) is 0 Å². The summed E-state index contributed by atoms with van der Waals surface area (Å²) in [5, 5.41) is 8.80. The van der Waals surface area contributed by atoms with Gasteiger partial charge in [-0.15, -0.1) is 0 Å². The highest BCUT2D eigenvalue weighted by Crippen LogP contribution is 2.15. The van der Waals surface area contributed by atoms with Gasteiger partial charge in [0.15, 0.2) is 0 Å². The fourth-order valence-electron chi connectivity index (χ4n) is 1.11. The Bertz CT molecular complexity index is 253. The van der Waals surface area contributed by atoms with Gasteiger partial charge >= 0.3 is 0 Å². The third kappa shape index (κ3) is 2.09. The first-order chi connectivity index (χ1) is 5.63. The molecule has 1 N–H and O–H groups in total. The van der Waals surface area contributed by atoms with Gasteiger partial charge in [-0.3, -0.25) is 0 Å². The Morgan fingerprint density at radius 3 is 2.58 bits per heavy atom. The molecule has 0 spiro atoms. The zero-order valence-corrected chi connectivity index (χ0v) is 7.79. The van der Waals surface area contributed by atoms with Gasteiger partial charge < -0.3 is 14.4 Å². The van der Waals surface area contributed by atoms with Crippen molar-refractivity contribution in [1.29, 1.82) is 0 Å². The Labute approximate surface area is 72.6 Å². The molecule has 12 heavy (non-hydrogen) atoms. The van der Waals surface area contributed by atoms with Crippen LogP contribution in [0.4, 0.5) is 0 Å². The molecule has 3 heteroatoms. The zero-order valence-electron chi connectivity index (χ0n) is 7.79. The average molecular weight is 169 g/mol. The Morgan fingerprint density at radius 1 is 1.50 bits per heavy atom. The van der Waals surface area contributed by atoms with Crippen molar-refractivity contribution in [3.63, 3.8) is 0 Å². The van der Waals surface area contributed by atoms with Crippen molar-refractivity contribution >= 4 is 0 Å². The van der Waals surface area contributed by atoms with Crippen molar-refractivity contribution in [2.75, 3.05) is 14.1 Å². The van der Waals surface area contributed by atoms with E-state index >= 15 is 0 Å². The third-order valence-corrected chi connectivity index (χ3v) is 1.69. The van der Waals surface area contributed by atoms with Gasteiger partial charge in [-0.1, -0.05) is 0 Å². The van der Waals surface area contributed by atoms with Crippen LogP contribution in [0.25, 0.3) is 0 Å². The van der Waals surface area contributed by atoms with E-state index in [-0.39, 0.29) is 6.61 Å². The highest BCUT2D eigenvalue weighted by molar-refractivity contribution is 5.19. The normalized spacial score (nSPS) is 11.1. The first-order valence-corrected chi connectivity index (χ1v) is 3.97. The average Bonchev–Trinajstić information content (AvgIpc) is 2.31. The second kappa shape index (κ2) is 3.74. The Hall–Kier alpha value is -0.800. The Kier molecular flexibility index (Phi) is 2.89. The highest BCUT2D eigenvalue weighted by Gasteiger charge is 2.06. The Morgan fingerprint density at radius 2 is 2.17 bits per heavy atom. The maximum Gasteiger partial charge on any atom is 0.129 e. The van der Waals surface area contributed by atoms with Gasteiger partial charge in [-0.05, 0) is 32.6 Å². The van der Waals surface area contributed by atoms with E-state index in [0.29, 0.717) is 5.76 Å². The zero-order chi connectivity index (χ0) is 9.14. The lowest BCUT2D eigenvalue weighted by Crippen LogP contribution is -2.10. The predicted octanol–water partition coefficient (Wildman–Crippen LogP) is 1.14. The number of nitrogens with zero attached hydrogens (tertiary/aromatic N) is 1. The molecule has 0 unspecified atom stereocenters. The maximum atomic E-state index is 8.80. The van der Waals surface area contributed by atoms with Crippen molar-refractivity contribution in [2.45, 2.75) is 20.1 Å². The maximum absolute atomic E-state index is 8.80. The number of aliphatic hydroxyl groups excluding tert-OH is 1. The molecule has 0 aliphatic heterocycles. The number of hydrogen-bond acceptors (Lipinski definition) is 3. The smallest absolute Gasteiger partial charge is 0.129 e. The fourth-order valence-corrected chi connectivity index (χ4v) is 1.11. The van der Waals surface area contributed by atoms with Crippen LogP contribution in [0.1, 0.15) is 17.1 Å². The quantitative estimate of drug-likeness (QED) is 0.737. The molecule has 0 amide bonds. The van der Waals surface area contributed by atoms with Crippen molar-refractivity contribution in [3.8, 4) is 0 Å². The molecule has 1 aromatic rings. The van der Waals surface area contributed by atoms with Crippen LogP contribution in [0.5, 0.6) is 0 Å². The van der Waals surface area contributed by atoms with E-state index in [1.807, 2.05) is 32.0 Å². The Balaban J connectivity index is 2.77. The lowest BCUT2D eigenvalue weighted by Gasteiger charge is -2.06. The standard InChI is InChI=1S/C9H15NO2/c1-7-4-8(6-11)12-9(7)5-10(2)3/h4,11H,5-6H2,1-3H3. The summed E-state index contributed by atoms with van der Waals surface area (Å²) >= 11 is 0. The van der Waals surface area contributed by atoms with Crippen LogP contribution >= 0.6 is 0 Å². The van der Waals surface area contributed by atoms with Crippen LogP contribution in [-0.4, -0.2) is 24.1 Å². The van der Waals surface area contributed by atoms with Crippen LogP contribution < -0.4 is 0 Å². The van der Waals surface area contributed by atoms with Gasteiger partial charge in [0.05, 0.1) is 6.54 Å². The van der Waals surface area contributed by atoms with Gasteiger partial charge in [0.1, 0.15) is 18.1 Å². The van der Waals surface area contributed by atoms with Crippen LogP contribution in [0.15, 0.2) is 10.5 Å². The molecule has 1 rings (SSSR count). The van der Waals surface area contributed by atoms with E-state index in [1.54, 1.807) is 0 Å². The van der Waals surface area contributed by atoms with E-state index in [1.165, 1.54) is 0 Å². The minimum Gasteiger partial charge on any atom is -0.462 e. The first kappa shape index (κ1) is 9.29. The molecule has 1 aromatic heterocycles.